The molecular weight excluding hydrogens is 344 g/mol. The quantitative estimate of drug-likeness (QED) is 0.699. The Balaban J connectivity index is 2.15. The minimum atomic E-state index is -0.573. The molecule has 0 amide bonds. The molecule has 8 heteroatoms. The van der Waals surface area contributed by atoms with Crippen molar-refractivity contribution in [3.63, 3.8) is 0 Å². The van der Waals surface area contributed by atoms with Gasteiger partial charge in [-0.3, -0.25) is 4.90 Å². The van der Waals surface area contributed by atoms with E-state index in [1.807, 2.05) is 11.0 Å². The SMILES string of the molecule is COC(=O)c1ccc(NC(C)C)c(N2C(N)=NC(N)=NC23CCCCC3)c1. The predicted octanol–water partition coefficient (Wildman–Crippen LogP) is 2.40. The van der Waals surface area contributed by atoms with Gasteiger partial charge in [0.1, 0.15) is 5.66 Å². The van der Waals surface area contributed by atoms with Gasteiger partial charge < -0.3 is 21.5 Å². The molecule has 0 atom stereocenters. The Kier molecular flexibility index (Phi) is 5.25. The van der Waals surface area contributed by atoms with Gasteiger partial charge in [0.25, 0.3) is 0 Å². The zero-order valence-electron chi connectivity index (χ0n) is 16.2. The number of hydrogen-bond acceptors (Lipinski definition) is 8. The number of carbonyl (C=O) groups is 1. The molecule has 0 aromatic heterocycles. The van der Waals surface area contributed by atoms with Crippen molar-refractivity contribution in [3.8, 4) is 0 Å². The first-order valence-corrected chi connectivity index (χ1v) is 9.35. The smallest absolute Gasteiger partial charge is 0.337 e. The number of nitrogens with two attached hydrogens (primary N) is 2. The van der Waals surface area contributed by atoms with Crippen LogP contribution >= 0.6 is 0 Å². The Bertz CT molecular complexity index is 780. The summed E-state index contributed by atoms with van der Waals surface area (Å²) in [6.07, 6.45) is 4.87. The molecule has 1 spiro atoms. The van der Waals surface area contributed by atoms with Crippen LogP contribution in [0.1, 0.15) is 56.3 Å². The van der Waals surface area contributed by atoms with E-state index in [2.05, 4.69) is 24.2 Å². The van der Waals surface area contributed by atoms with Crippen LogP contribution in [-0.2, 0) is 4.74 Å². The maximum atomic E-state index is 12.1. The van der Waals surface area contributed by atoms with Gasteiger partial charge in [-0.2, -0.15) is 4.99 Å². The van der Waals surface area contributed by atoms with Crippen molar-refractivity contribution < 1.29 is 9.53 Å². The molecule has 146 valence electrons. The van der Waals surface area contributed by atoms with Gasteiger partial charge in [-0.15, -0.1) is 0 Å². The second-order valence-corrected chi connectivity index (χ2v) is 7.34. The minimum Gasteiger partial charge on any atom is -0.465 e. The molecule has 1 aromatic rings. The summed E-state index contributed by atoms with van der Waals surface area (Å²) in [7, 11) is 1.37. The van der Waals surface area contributed by atoms with Crippen LogP contribution < -0.4 is 21.7 Å². The second kappa shape index (κ2) is 7.46. The van der Waals surface area contributed by atoms with Gasteiger partial charge in [0.2, 0.25) is 11.9 Å². The van der Waals surface area contributed by atoms with Crippen molar-refractivity contribution in [1.29, 1.82) is 0 Å². The topological polar surface area (TPSA) is 118 Å². The summed E-state index contributed by atoms with van der Waals surface area (Å²) in [5.74, 6) is 0.0898. The molecule has 0 radical (unpaired) electrons. The third-order valence-corrected chi connectivity index (χ3v) is 4.96. The second-order valence-electron chi connectivity index (χ2n) is 7.34. The molecule has 0 unspecified atom stereocenters. The van der Waals surface area contributed by atoms with Gasteiger partial charge in [-0.05, 0) is 57.7 Å². The molecule has 0 saturated heterocycles. The van der Waals surface area contributed by atoms with Crippen molar-refractivity contribution in [2.45, 2.75) is 57.7 Å². The Morgan fingerprint density at radius 3 is 2.59 bits per heavy atom. The van der Waals surface area contributed by atoms with Crippen molar-refractivity contribution in [1.82, 2.24) is 0 Å². The number of benzene rings is 1. The van der Waals surface area contributed by atoms with Crippen LogP contribution in [0.25, 0.3) is 0 Å². The molecule has 27 heavy (non-hydrogen) atoms. The van der Waals surface area contributed by atoms with Gasteiger partial charge in [-0.1, -0.05) is 6.42 Å². The van der Waals surface area contributed by atoms with E-state index >= 15 is 0 Å². The molecular formula is C19H28N6O2. The van der Waals surface area contributed by atoms with E-state index in [0.29, 0.717) is 11.5 Å². The monoisotopic (exact) mass is 372 g/mol. The number of nitrogens with one attached hydrogen (secondary N) is 1. The number of ether oxygens (including phenoxy) is 1. The Hall–Kier alpha value is -2.77. The number of methoxy groups -OCH3 is 1. The number of nitrogens with zero attached hydrogens (tertiary/aromatic N) is 3. The van der Waals surface area contributed by atoms with Crippen molar-refractivity contribution in [3.05, 3.63) is 23.8 Å². The van der Waals surface area contributed by atoms with Gasteiger partial charge in [0.15, 0.2) is 0 Å². The largest absolute Gasteiger partial charge is 0.465 e. The maximum absolute atomic E-state index is 12.1. The van der Waals surface area contributed by atoms with E-state index in [9.17, 15) is 4.79 Å². The van der Waals surface area contributed by atoms with Crippen LogP contribution in [0.15, 0.2) is 28.2 Å². The number of hydrogen-bond donors (Lipinski definition) is 3. The first kappa shape index (κ1) is 19.0. The molecule has 1 fully saturated rings. The number of carbonyl (C=O) groups excluding carboxylic acids is 1. The standard InChI is InChI=1S/C19H28N6O2/c1-12(2)22-14-8-7-13(16(26)27-3)11-15(14)25-18(21)23-17(20)24-19(25)9-5-4-6-10-19/h7-8,11-12,22H,4-6,9-10H2,1-3H3,(H4,20,21,23,24). The van der Waals surface area contributed by atoms with Crippen LogP contribution in [0.3, 0.4) is 0 Å². The third-order valence-electron chi connectivity index (χ3n) is 4.96. The molecule has 5 N–H and O–H groups in total. The predicted molar refractivity (Wildman–Crippen MR) is 108 cm³/mol. The highest BCUT2D eigenvalue weighted by atomic mass is 16.5. The zero-order valence-corrected chi connectivity index (χ0v) is 16.2. The number of guanidine groups is 2. The summed E-state index contributed by atoms with van der Waals surface area (Å²) in [5.41, 5.74) is 13.8. The molecule has 3 rings (SSSR count). The van der Waals surface area contributed by atoms with E-state index in [1.165, 1.54) is 7.11 Å². The molecule has 8 nitrogen and oxygen atoms in total. The summed E-state index contributed by atoms with van der Waals surface area (Å²) in [6, 6.07) is 5.59. The fraction of sp³-hybridized carbons (Fsp3) is 0.526. The lowest BCUT2D eigenvalue weighted by Crippen LogP contribution is -2.58. The summed E-state index contributed by atoms with van der Waals surface area (Å²) < 4.78 is 4.89. The van der Waals surface area contributed by atoms with Crippen LogP contribution in [0.4, 0.5) is 11.4 Å². The van der Waals surface area contributed by atoms with Crippen LogP contribution in [0, 0.1) is 0 Å². The summed E-state index contributed by atoms with van der Waals surface area (Å²) >= 11 is 0. The summed E-state index contributed by atoms with van der Waals surface area (Å²) in [6.45, 7) is 4.11. The first-order valence-electron chi connectivity index (χ1n) is 9.35. The summed E-state index contributed by atoms with van der Waals surface area (Å²) in [4.78, 5) is 23.0. The molecule has 1 aromatic carbocycles. The fourth-order valence-corrected chi connectivity index (χ4v) is 3.86. The van der Waals surface area contributed by atoms with Gasteiger partial charge >= 0.3 is 5.97 Å². The van der Waals surface area contributed by atoms with Gasteiger partial charge in [0, 0.05) is 6.04 Å². The van der Waals surface area contributed by atoms with Crippen LogP contribution in [0.2, 0.25) is 0 Å². The maximum Gasteiger partial charge on any atom is 0.337 e. The number of anilines is 2. The highest BCUT2D eigenvalue weighted by molar-refractivity contribution is 6.08. The van der Waals surface area contributed by atoms with E-state index in [0.717, 1.165) is 43.5 Å². The Morgan fingerprint density at radius 2 is 1.96 bits per heavy atom. The highest BCUT2D eigenvalue weighted by Gasteiger charge is 2.43. The van der Waals surface area contributed by atoms with E-state index in [1.54, 1.807) is 12.1 Å². The number of esters is 1. The number of aliphatic imine (C=N–C) groups is 2. The van der Waals surface area contributed by atoms with Crippen molar-refractivity contribution in [2.75, 3.05) is 17.3 Å². The normalized spacial score (nSPS) is 18.9. The summed E-state index contributed by atoms with van der Waals surface area (Å²) in [5, 5.41) is 3.42. The molecule has 1 aliphatic heterocycles. The lowest BCUT2D eigenvalue weighted by molar-refractivity contribution is 0.0600. The van der Waals surface area contributed by atoms with Crippen molar-refractivity contribution in [2.24, 2.45) is 21.5 Å². The molecule has 1 aliphatic carbocycles. The lowest BCUT2D eigenvalue weighted by Gasteiger charge is -2.46. The molecule has 1 saturated carbocycles. The van der Waals surface area contributed by atoms with Crippen LogP contribution in [-0.4, -0.2) is 36.7 Å². The van der Waals surface area contributed by atoms with E-state index < -0.39 is 11.6 Å². The fourth-order valence-electron chi connectivity index (χ4n) is 3.86. The van der Waals surface area contributed by atoms with Gasteiger partial charge in [0.05, 0.1) is 24.0 Å². The first-order chi connectivity index (χ1) is 12.9. The van der Waals surface area contributed by atoms with Crippen LogP contribution in [0.5, 0.6) is 0 Å². The average Bonchev–Trinajstić information content (AvgIpc) is 2.61. The van der Waals surface area contributed by atoms with E-state index in [4.69, 9.17) is 21.2 Å². The Morgan fingerprint density at radius 1 is 1.26 bits per heavy atom. The average molecular weight is 372 g/mol. The lowest BCUT2D eigenvalue weighted by atomic mass is 9.87. The van der Waals surface area contributed by atoms with Crippen molar-refractivity contribution >= 4 is 29.3 Å². The Labute approximate surface area is 159 Å². The molecule has 2 aliphatic rings. The molecule has 1 heterocycles. The highest BCUT2D eigenvalue weighted by Crippen LogP contribution is 2.42. The third kappa shape index (κ3) is 3.70. The minimum absolute atomic E-state index is 0.201. The number of rotatable bonds is 4. The molecule has 0 bridgehead atoms. The van der Waals surface area contributed by atoms with Gasteiger partial charge in [-0.25, -0.2) is 9.79 Å². The zero-order chi connectivity index (χ0) is 19.6. The van der Waals surface area contributed by atoms with E-state index in [-0.39, 0.29) is 12.0 Å².